The Balaban J connectivity index is 2.97. The molecule has 0 aliphatic rings. The smallest absolute Gasteiger partial charge is 0.327 e. The van der Waals surface area contributed by atoms with E-state index in [1.807, 2.05) is 0 Å². The molecule has 32 heavy (non-hydrogen) atoms. The van der Waals surface area contributed by atoms with Gasteiger partial charge in [0.25, 0.3) is 0 Å². The van der Waals surface area contributed by atoms with Crippen LogP contribution in [-0.4, -0.2) is 70.4 Å². The summed E-state index contributed by atoms with van der Waals surface area (Å²) in [7, 11) is 0. The first-order valence-corrected chi connectivity index (χ1v) is 10.8. The molecule has 4 atom stereocenters. The number of carboxylic acid groups (broad SMARTS) is 1. The number of amides is 4. The van der Waals surface area contributed by atoms with Crippen molar-refractivity contribution in [1.29, 1.82) is 0 Å². The number of hydrogen-bond acceptors (Lipinski definition) is 8. The van der Waals surface area contributed by atoms with Crippen molar-refractivity contribution in [3.8, 4) is 0 Å². The van der Waals surface area contributed by atoms with Crippen molar-refractivity contribution in [1.82, 2.24) is 16.0 Å². The topological polar surface area (TPSA) is 194 Å². The maximum Gasteiger partial charge on any atom is 0.327 e. The van der Waals surface area contributed by atoms with Crippen molar-refractivity contribution in [2.45, 2.75) is 37.0 Å². The maximum atomic E-state index is 12.9. The Hall–Kier alpha value is -2.77. The van der Waals surface area contributed by atoms with Gasteiger partial charge in [-0.1, -0.05) is 30.3 Å². The van der Waals surface area contributed by atoms with E-state index in [2.05, 4.69) is 41.2 Å². The summed E-state index contributed by atoms with van der Waals surface area (Å²) in [6, 6.07) is 3.93. The van der Waals surface area contributed by atoms with E-state index in [9.17, 15) is 24.0 Å². The molecule has 0 saturated heterocycles. The van der Waals surface area contributed by atoms with Crippen LogP contribution in [0.1, 0.15) is 12.0 Å². The first kappa shape index (κ1) is 27.3. The van der Waals surface area contributed by atoms with E-state index >= 15 is 0 Å². The Bertz CT molecular complexity index is 826. The van der Waals surface area contributed by atoms with Crippen LogP contribution in [0.3, 0.4) is 0 Å². The van der Waals surface area contributed by atoms with Gasteiger partial charge in [0.05, 0.1) is 12.5 Å². The van der Waals surface area contributed by atoms with Crippen LogP contribution in [0.5, 0.6) is 0 Å². The van der Waals surface area contributed by atoms with Crippen LogP contribution in [0, 0.1) is 0 Å². The fourth-order valence-corrected chi connectivity index (χ4v) is 3.08. The molecule has 8 N–H and O–H groups in total. The van der Waals surface area contributed by atoms with Crippen molar-refractivity contribution in [2.75, 3.05) is 11.5 Å². The van der Waals surface area contributed by atoms with Gasteiger partial charge in [-0.25, -0.2) is 4.79 Å². The molecule has 0 heterocycles. The lowest BCUT2D eigenvalue weighted by molar-refractivity contribution is -0.141. The molecule has 1 rings (SSSR count). The molecule has 0 saturated carbocycles. The lowest BCUT2D eigenvalue weighted by Gasteiger charge is -2.24. The summed E-state index contributed by atoms with van der Waals surface area (Å²) in [4.78, 5) is 59.8. The number of aliphatic carboxylic acids is 1. The van der Waals surface area contributed by atoms with Crippen LogP contribution in [0.15, 0.2) is 30.3 Å². The van der Waals surface area contributed by atoms with Gasteiger partial charge in [-0.05, 0) is 5.56 Å². The number of nitrogens with one attached hydrogen (secondary N) is 3. The largest absolute Gasteiger partial charge is 0.480 e. The second-order valence-corrected chi connectivity index (χ2v) is 7.58. The summed E-state index contributed by atoms with van der Waals surface area (Å²) in [5, 5.41) is 16.2. The first-order valence-electron chi connectivity index (χ1n) is 9.52. The average Bonchev–Trinajstić information content (AvgIpc) is 2.74. The van der Waals surface area contributed by atoms with Crippen molar-refractivity contribution in [2.24, 2.45) is 11.5 Å². The van der Waals surface area contributed by atoms with Crippen molar-refractivity contribution in [3.05, 3.63) is 35.9 Å². The van der Waals surface area contributed by atoms with Gasteiger partial charge in [0, 0.05) is 17.9 Å². The van der Waals surface area contributed by atoms with E-state index < -0.39 is 60.2 Å². The molecule has 0 aliphatic heterocycles. The predicted molar refractivity (Wildman–Crippen MR) is 123 cm³/mol. The van der Waals surface area contributed by atoms with Gasteiger partial charge in [0.2, 0.25) is 23.6 Å². The lowest BCUT2D eigenvalue weighted by atomic mass is 10.0. The number of hydrogen-bond donors (Lipinski definition) is 8. The van der Waals surface area contributed by atoms with Gasteiger partial charge in [0.1, 0.15) is 18.1 Å². The number of carbonyl (C=O) groups excluding carboxylic acids is 4. The number of nitrogens with two attached hydrogens (primary N) is 2. The third-order valence-electron chi connectivity index (χ3n) is 4.29. The number of carboxylic acids is 1. The molecule has 11 nitrogen and oxygen atoms in total. The molecule has 0 radical (unpaired) electrons. The van der Waals surface area contributed by atoms with E-state index in [0.29, 0.717) is 5.56 Å². The third-order valence-corrected chi connectivity index (χ3v) is 5.02. The minimum atomic E-state index is -1.28. The Morgan fingerprint density at radius 3 is 1.84 bits per heavy atom. The van der Waals surface area contributed by atoms with Crippen LogP contribution in [0.2, 0.25) is 0 Å². The number of primary amides is 1. The highest BCUT2D eigenvalue weighted by molar-refractivity contribution is 7.80. The van der Waals surface area contributed by atoms with Gasteiger partial charge >= 0.3 is 5.97 Å². The zero-order valence-electron chi connectivity index (χ0n) is 17.1. The van der Waals surface area contributed by atoms with Crippen molar-refractivity contribution in [3.63, 3.8) is 0 Å². The van der Waals surface area contributed by atoms with Gasteiger partial charge in [-0.3, -0.25) is 19.2 Å². The van der Waals surface area contributed by atoms with Gasteiger partial charge in [-0.2, -0.15) is 25.3 Å². The highest BCUT2D eigenvalue weighted by Gasteiger charge is 2.29. The molecular formula is C19H27N5O6S2. The van der Waals surface area contributed by atoms with E-state index in [0.717, 1.165) is 0 Å². The number of carbonyl (C=O) groups is 5. The minimum Gasteiger partial charge on any atom is -0.480 e. The zero-order valence-corrected chi connectivity index (χ0v) is 18.9. The molecule has 0 fully saturated rings. The molecule has 4 amide bonds. The molecular weight excluding hydrogens is 458 g/mol. The first-order chi connectivity index (χ1) is 15.1. The monoisotopic (exact) mass is 485 g/mol. The summed E-state index contributed by atoms with van der Waals surface area (Å²) < 4.78 is 0. The Kier molecular flexibility index (Phi) is 11.6. The highest BCUT2D eigenvalue weighted by Crippen LogP contribution is 2.05. The van der Waals surface area contributed by atoms with Crippen molar-refractivity contribution >= 4 is 54.9 Å². The average molecular weight is 486 g/mol. The van der Waals surface area contributed by atoms with Crippen LogP contribution < -0.4 is 27.4 Å². The minimum absolute atomic E-state index is 0.0665. The van der Waals surface area contributed by atoms with Crippen LogP contribution in [-0.2, 0) is 30.4 Å². The summed E-state index contributed by atoms with van der Waals surface area (Å²) in [5.41, 5.74) is 11.4. The second-order valence-electron chi connectivity index (χ2n) is 6.85. The fraction of sp³-hybridized carbons (Fsp3) is 0.421. The van der Waals surface area contributed by atoms with Gasteiger partial charge < -0.3 is 32.5 Å². The molecule has 0 aliphatic carbocycles. The zero-order chi connectivity index (χ0) is 24.3. The maximum absolute atomic E-state index is 12.9. The summed E-state index contributed by atoms with van der Waals surface area (Å²) in [6.45, 7) is 0. The Labute approximate surface area is 195 Å². The molecule has 0 spiro atoms. The summed E-state index contributed by atoms with van der Waals surface area (Å²) in [6.07, 6.45) is -0.343. The van der Waals surface area contributed by atoms with E-state index in [4.69, 9.17) is 16.6 Å². The van der Waals surface area contributed by atoms with E-state index in [1.165, 1.54) is 0 Å². The predicted octanol–water partition coefficient (Wildman–Crippen LogP) is -2.17. The van der Waals surface area contributed by atoms with Gasteiger partial charge in [-0.15, -0.1) is 0 Å². The second kappa shape index (κ2) is 13.6. The molecule has 4 unspecified atom stereocenters. The highest BCUT2D eigenvalue weighted by atomic mass is 32.1. The Morgan fingerprint density at radius 1 is 0.844 bits per heavy atom. The third kappa shape index (κ3) is 9.16. The molecule has 0 bridgehead atoms. The lowest BCUT2D eigenvalue weighted by Crippen LogP contribution is -2.58. The number of rotatable bonds is 13. The molecule has 1 aromatic rings. The molecule has 1 aromatic carbocycles. The quantitative estimate of drug-likeness (QED) is 0.146. The SMILES string of the molecule is NC(=O)CC(N)C(=O)NC(Cc1ccccc1)C(=O)NC(CS)C(=O)NC(CS)C(=O)O. The number of thiol groups is 2. The molecule has 13 heteroatoms. The van der Waals surface area contributed by atoms with Gasteiger partial charge in [0.15, 0.2) is 0 Å². The number of benzene rings is 1. The normalized spacial score (nSPS) is 14.3. The van der Waals surface area contributed by atoms with Crippen LogP contribution in [0.25, 0.3) is 0 Å². The summed E-state index contributed by atoms with van der Waals surface area (Å²) >= 11 is 7.91. The fourth-order valence-electron chi connectivity index (χ4n) is 2.57. The van der Waals surface area contributed by atoms with E-state index in [1.54, 1.807) is 30.3 Å². The molecule has 176 valence electrons. The standard InChI is InChI=1S/C19H27N5O6S2/c20-11(7-15(21)25)16(26)22-12(6-10-4-2-1-3-5-10)17(27)23-13(8-31)18(28)24-14(9-32)19(29)30/h1-5,11-14,31-32H,6-9,20H2,(H2,21,25)(H,22,26)(H,23,27)(H,24,28)(H,29,30). The van der Waals surface area contributed by atoms with Crippen LogP contribution >= 0.6 is 25.3 Å². The van der Waals surface area contributed by atoms with Crippen LogP contribution in [0.4, 0.5) is 0 Å². The molecule has 0 aromatic heterocycles. The van der Waals surface area contributed by atoms with E-state index in [-0.39, 0.29) is 17.9 Å². The van der Waals surface area contributed by atoms with Crippen molar-refractivity contribution < 1.29 is 29.1 Å². The summed E-state index contributed by atoms with van der Waals surface area (Å²) in [5.74, 6) is -4.61. The Morgan fingerprint density at radius 2 is 1.34 bits per heavy atom.